The van der Waals surface area contributed by atoms with Gasteiger partial charge in [0.1, 0.15) is 18.1 Å². The Balaban J connectivity index is 1.79. The lowest BCUT2D eigenvalue weighted by Gasteiger charge is -2.05. The highest BCUT2D eigenvalue weighted by molar-refractivity contribution is 5.96. The molecule has 2 aromatic rings. The number of carbonyl (C=O) groups is 2. The van der Waals surface area contributed by atoms with E-state index in [1.54, 1.807) is 43.5 Å². The van der Waals surface area contributed by atoms with Gasteiger partial charge in [-0.1, -0.05) is 24.8 Å². The third-order valence-corrected chi connectivity index (χ3v) is 3.39. The molecular formula is C20H21N3O4. The van der Waals surface area contributed by atoms with Gasteiger partial charge in [-0.15, -0.1) is 0 Å². The topological polar surface area (TPSA) is 89.0 Å². The molecule has 7 nitrogen and oxygen atoms in total. The molecule has 140 valence electrons. The summed E-state index contributed by atoms with van der Waals surface area (Å²) in [5.41, 5.74) is 3.55. The molecule has 2 N–H and O–H groups in total. The lowest BCUT2D eigenvalue weighted by molar-refractivity contribution is -0.120. The van der Waals surface area contributed by atoms with Crippen molar-refractivity contribution in [2.45, 2.75) is 0 Å². The second kappa shape index (κ2) is 10.4. The van der Waals surface area contributed by atoms with E-state index in [1.807, 2.05) is 18.2 Å². The van der Waals surface area contributed by atoms with Gasteiger partial charge in [-0.2, -0.15) is 5.10 Å². The summed E-state index contributed by atoms with van der Waals surface area (Å²) in [6, 6.07) is 13.8. The van der Waals surface area contributed by atoms with Crippen molar-refractivity contribution in [2.75, 3.05) is 20.3 Å². The van der Waals surface area contributed by atoms with Gasteiger partial charge in [0.15, 0.2) is 0 Å². The number of nitrogens with zero attached hydrogens (tertiary/aromatic N) is 1. The summed E-state index contributed by atoms with van der Waals surface area (Å²) in [5, 5.41) is 6.39. The summed E-state index contributed by atoms with van der Waals surface area (Å²) >= 11 is 0. The number of amides is 2. The number of hydrazone groups is 1. The number of carbonyl (C=O) groups excluding carboxylic acids is 2. The molecule has 0 aliphatic carbocycles. The first kappa shape index (κ1) is 19.7. The number of benzene rings is 2. The fourth-order valence-corrected chi connectivity index (χ4v) is 2.06. The Bertz CT molecular complexity index is 816. The van der Waals surface area contributed by atoms with Crippen LogP contribution in [0, 0.1) is 0 Å². The number of methoxy groups -OCH3 is 1. The first-order chi connectivity index (χ1) is 13.1. The van der Waals surface area contributed by atoms with Crippen molar-refractivity contribution in [2.24, 2.45) is 5.10 Å². The van der Waals surface area contributed by atoms with Crippen LogP contribution in [-0.4, -0.2) is 38.3 Å². The van der Waals surface area contributed by atoms with Crippen molar-refractivity contribution >= 4 is 18.0 Å². The minimum atomic E-state index is -0.438. The first-order valence-corrected chi connectivity index (χ1v) is 8.20. The molecule has 27 heavy (non-hydrogen) atoms. The lowest BCUT2D eigenvalue weighted by Crippen LogP contribution is -2.34. The minimum Gasteiger partial charge on any atom is -0.497 e. The summed E-state index contributed by atoms with van der Waals surface area (Å²) in [6.07, 6.45) is 3.14. The van der Waals surface area contributed by atoms with Crippen LogP contribution in [0.3, 0.4) is 0 Å². The first-order valence-electron chi connectivity index (χ1n) is 8.20. The van der Waals surface area contributed by atoms with Gasteiger partial charge < -0.3 is 14.8 Å². The summed E-state index contributed by atoms with van der Waals surface area (Å²) in [6.45, 7) is 3.81. The maximum atomic E-state index is 12.0. The molecule has 0 saturated carbocycles. The van der Waals surface area contributed by atoms with Gasteiger partial charge in [0.25, 0.3) is 11.8 Å². The van der Waals surface area contributed by atoms with Crippen molar-refractivity contribution in [3.05, 3.63) is 72.3 Å². The SMILES string of the molecule is C=CCOc1cccc(/C=N\NC(=O)CNC(=O)c2ccc(OC)cc2)c1. The third-order valence-electron chi connectivity index (χ3n) is 3.39. The smallest absolute Gasteiger partial charge is 0.259 e. The van der Waals surface area contributed by atoms with Gasteiger partial charge in [0.2, 0.25) is 0 Å². The largest absolute Gasteiger partial charge is 0.497 e. The van der Waals surface area contributed by atoms with Crippen LogP contribution in [-0.2, 0) is 4.79 Å². The molecule has 7 heteroatoms. The Hall–Kier alpha value is -3.61. The molecule has 2 aromatic carbocycles. The molecule has 0 heterocycles. The van der Waals surface area contributed by atoms with E-state index < -0.39 is 5.91 Å². The highest BCUT2D eigenvalue weighted by atomic mass is 16.5. The van der Waals surface area contributed by atoms with Crippen LogP contribution in [0.15, 0.2) is 66.3 Å². The Morgan fingerprint density at radius 1 is 1.15 bits per heavy atom. The van der Waals surface area contributed by atoms with E-state index in [2.05, 4.69) is 22.4 Å². The van der Waals surface area contributed by atoms with Gasteiger partial charge >= 0.3 is 0 Å². The van der Waals surface area contributed by atoms with Gasteiger partial charge in [-0.3, -0.25) is 9.59 Å². The molecule has 0 spiro atoms. The maximum absolute atomic E-state index is 12.0. The summed E-state index contributed by atoms with van der Waals surface area (Å²) in [4.78, 5) is 23.8. The fourth-order valence-electron chi connectivity index (χ4n) is 2.06. The Morgan fingerprint density at radius 3 is 2.63 bits per heavy atom. The molecule has 0 saturated heterocycles. The number of nitrogens with one attached hydrogen (secondary N) is 2. The molecule has 0 atom stereocenters. The number of hydrogen-bond acceptors (Lipinski definition) is 5. The predicted octanol–water partition coefficient (Wildman–Crippen LogP) is 2.14. The number of hydrogen-bond donors (Lipinski definition) is 2. The number of ether oxygens (including phenoxy) is 2. The second-order valence-electron chi connectivity index (χ2n) is 5.38. The summed E-state index contributed by atoms with van der Waals surface area (Å²) in [7, 11) is 1.55. The monoisotopic (exact) mass is 367 g/mol. The average molecular weight is 367 g/mol. The normalized spacial score (nSPS) is 10.3. The molecule has 0 aliphatic rings. The fraction of sp³-hybridized carbons (Fsp3) is 0.150. The van der Waals surface area contributed by atoms with Gasteiger partial charge in [-0.05, 0) is 42.0 Å². The maximum Gasteiger partial charge on any atom is 0.259 e. The second-order valence-corrected chi connectivity index (χ2v) is 5.38. The molecule has 0 aliphatic heterocycles. The molecule has 0 fully saturated rings. The lowest BCUT2D eigenvalue weighted by atomic mass is 10.2. The highest BCUT2D eigenvalue weighted by Gasteiger charge is 2.07. The van der Waals surface area contributed by atoms with Crippen molar-refractivity contribution in [1.29, 1.82) is 0 Å². The number of rotatable bonds is 9. The predicted molar refractivity (Wildman–Crippen MR) is 103 cm³/mol. The van der Waals surface area contributed by atoms with Crippen molar-refractivity contribution in [3.63, 3.8) is 0 Å². The van der Waals surface area contributed by atoms with Gasteiger partial charge in [-0.25, -0.2) is 5.43 Å². The van der Waals surface area contributed by atoms with Crippen molar-refractivity contribution < 1.29 is 19.1 Å². The zero-order valence-electron chi connectivity index (χ0n) is 15.0. The van der Waals surface area contributed by atoms with E-state index in [4.69, 9.17) is 9.47 Å². The van der Waals surface area contributed by atoms with Crippen molar-refractivity contribution in [3.8, 4) is 11.5 Å². The summed E-state index contributed by atoms with van der Waals surface area (Å²) in [5.74, 6) is 0.533. The van der Waals surface area contributed by atoms with Crippen LogP contribution in [0.1, 0.15) is 15.9 Å². The van der Waals surface area contributed by atoms with E-state index in [-0.39, 0.29) is 12.5 Å². The molecule has 0 unspecified atom stereocenters. The molecular weight excluding hydrogens is 346 g/mol. The molecule has 2 amide bonds. The molecule has 0 aromatic heterocycles. The van der Waals surface area contributed by atoms with Crippen LogP contribution in [0.25, 0.3) is 0 Å². The average Bonchev–Trinajstić information content (AvgIpc) is 2.71. The van der Waals surface area contributed by atoms with Crippen LogP contribution >= 0.6 is 0 Å². The van der Waals surface area contributed by atoms with Gasteiger partial charge in [0.05, 0.1) is 19.9 Å². The van der Waals surface area contributed by atoms with Crippen LogP contribution in [0.2, 0.25) is 0 Å². The van der Waals surface area contributed by atoms with E-state index in [0.29, 0.717) is 23.7 Å². The van der Waals surface area contributed by atoms with E-state index in [1.165, 1.54) is 6.21 Å². The molecule has 0 bridgehead atoms. The quantitative estimate of drug-likeness (QED) is 0.404. The van der Waals surface area contributed by atoms with Crippen LogP contribution < -0.4 is 20.2 Å². The zero-order chi connectivity index (χ0) is 19.5. The molecule has 2 rings (SSSR count). The standard InChI is InChI=1S/C20H21N3O4/c1-3-11-27-18-6-4-5-15(12-18)13-22-23-19(24)14-21-20(25)16-7-9-17(26-2)10-8-16/h3-10,12-13H,1,11,14H2,2H3,(H,21,25)(H,23,24)/b22-13-. The highest BCUT2D eigenvalue weighted by Crippen LogP contribution is 2.12. The van der Waals surface area contributed by atoms with Gasteiger partial charge in [0, 0.05) is 5.56 Å². The zero-order valence-corrected chi connectivity index (χ0v) is 15.0. The Labute approximate surface area is 157 Å². The van der Waals surface area contributed by atoms with E-state index in [9.17, 15) is 9.59 Å². The summed E-state index contributed by atoms with van der Waals surface area (Å²) < 4.78 is 10.5. The van der Waals surface area contributed by atoms with Crippen LogP contribution in [0.4, 0.5) is 0 Å². The Morgan fingerprint density at radius 2 is 1.93 bits per heavy atom. The van der Waals surface area contributed by atoms with E-state index in [0.717, 1.165) is 5.56 Å². The minimum absolute atomic E-state index is 0.190. The third kappa shape index (κ3) is 6.66. The molecule has 0 radical (unpaired) electrons. The van der Waals surface area contributed by atoms with Crippen molar-refractivity contribution in [1.82, 2.24) is 10.7 Å². The van der Waals surface area contributed by atoms with Crippen LogP contribution in [0.5, 0.6) is 11.5 Å². The Kier molecular flexibility index (Phi) is 7.59. The van der Waals surface area contributed by atoms with E-state index >= 15 is 0 Å².